The van der Waals surface area contributed by atoms with Gasteiger partial charge in [0.2, 0.25) is 5.91 Å². The van der Waals surface area contributed by atoms with Crippen molar-refractivity contribution >= 4 is 5.91 Å². The van der Waals surface area contributed by atoms with Crippen LogP contribution in [0, 0.1) is 5.92 Å². The maximum atomic E-state index is 11.1. The van der Waals surface area contributed by atoms with E-state index in [0.29, 0.717) is 6.54 Å². The van der Waals surface area contributed by atoms with Crippen LogP contribution in [-0.4, -0.2) is 23.7 Å². The zero-order chi connectivity index (χ0) is 8.27. The molecule has 2 N–H and O–H groups in total. The topological polar surface area (TPSA) is 49.3 Å². The summed E-state index contributed by atoms with van der Waals surface area (Å²) in [5.41, 5.74) is 0. The number of aliphatic hydroxyl groups is 1. The summed E-state index contributed by atoms with van der Waals surface area (Å²) in [6.07, 6.45) is 2.78. The smallest absolute Gasteiger partial charge is 0.223 e. The average Bonchev–Trinajstić information content (AvgIpc) is 1.79. The number of nitrogens with one attached hydrogen (secondary N) is 1. The van der Waals surface area contributed by atoms with Crippen LogP contribution in [0.5, 0.6) is 0 Å². The molecule has 0 aromatic rings. The highest BCUT2D eigenvalue weighted by molar-refractivity contribution is 5.79. The minimum atomic E-state index is -0.431. The lowest BCUT2D eigenvalue weighted by Gasteiger charge is -2.24. The van der Waals surface area contributed by atoms with Gasteiger partial charge >= 0.3 is 0 Å². The van der Waals surface area contributed by atoms with Crippen LogP contribution in [0.4, 0.5) is 0 Å². The van der Waals surface area contributed by atoms with Crippen molar-refractivity contribution in [2.24, 2.45) is 5.92 Å². The van der Waals surface area contributed by atoms with E-state index in [4.69, 9.17) is 5.11 Å². The van der Waals surface area contributed by atoms with Crippen LogP contribution in [0.15, 0.2) is 0 Å². The van der Waals surface area contributed by atoms with E-state index in [1.165, 1.54) is 6.42 Å². The van der Waals surface area contributed by atoms with Crippen molar-refractivity contribution in [1.29, 1.82) is 0 Å². The molecule has 11 heavy (non-hydrogen) atoms. The minimum absolute atomic E-state index is 0.108. The van der Waals surface area contributed by atoms with Crippen molar-refractivity contribution in [1.82, 2.24) is 5.32 Å². The molecule has 1 saturated carbocycles. The van der Waals surface area contributed by atoms with Gasteiger partial charge in [-0.05, 0) is 19.8 Å². The van der Waals surface area contributed by atoms with E-state index in [1.807, 2.05) is 0 Å². The molecule has 3 nitrogen and oxygen atoms in total. The summed E-state index contributed by atoms with van der Waals surface area (Å²) >= 11 is 0. The summed E-state index contributed by atoms with van der Waals surface area (Å²) in [5, 5.41) is 11.6. The fourth-order valence-electron chi connectivity index (χ4n) is 1.06. The highest BCUT2D eigenvalue weighted by atomic mass is 16.3. The molecule has 0 heterocycles. The Labute approximate surface area is 66.8 Å². The summed E-state index contributed by atoms with van der Waals surface area (Å²) in [6, 6.07) is 0. The third-order valence-corrected chi connectivity index (χ3v) is 2.05. The van der Waals surface area contributed by atoms with Crippen molar-refractivity contribution in [3.8, 4) is 0 Å². The zero-order valence-electron chi connectivity index (χ0n) is 6.84. The molecule has 0 bridgehead atoms. The molecule has 1 aliphatic rings. The molecule has 1 amide bonds. The fraction of sp³-hybridized carbons (Fsp3) is 0.875. The van der Waals surface area contributed by atoms with E-state index in [-0.39, 0.29) is 11.8 Å². The van der Waals surface area contributed by atoms with E-state index < -0.39 is 6.10 Å². The highest BCUT2D eigenvalue weighted by Crippen LogP contribution is 2.25. The molecule has 0 aromatic carbocycles. The summed E-state index contributed by atoms with van der Waals surface area (Å²) in [5.74, 6) is 0.339. The van der Waals surface area contributed by atoms with Gasteiger partial charge in [0, 0.05) is 12.5 Å². The Morgan fingerprint density at radius 3 is 2.73 bits per heavy atom. The fourth-order valence-corrected chi connectivity index (χ4v) is 1.06. The Balaban J connectivity index is 2.10. The Morgan fingerprint density at radius 1 is 1.73 bits per heavy atom. The molecule has 1 atom stereocenters. The average molecular weight is 157 g/mol. The Hall–Kier alpha value is -0.570. The van der Waals surface area contributed by atoms with Gasteiger partial charge in [0.25, 0.3) is 0 Å². The van der Waals surface area contributed by atoms with Crippen LogP contribution in [0.1, 0.15) is 26.2 Å². The van der Waals surface area contributed by atoms with E-state index in [9.17, 15) is 4.79 Å². The normalized spacial score (nSPS) is 20.5. The van der Waals surface area contributed by atoms with E-state index in [2.05, 4.69) is 5.32 Å². The van der Waals surface area contributed by atoms with E-state index in [1.54, 1.807) is 6.92 Å². The molecular weight excluding hydrogens is 142 g/mol. The lowest BCUT2D eigenvalue weighted by Crippen LogP contribution is -2.37. The first kappa shape index (κ1) is 8.53. The number of hydrogen-bond donors (Lipinski definition) is 2. The van der Waals surface area contributed by atoms with Gasteiger partial charge in [0.1, 0.15) is 0 Å². The Kier molecular flexibility index (Phi) is 2.88. The number of carbonyl (C=O) groups is 1. The van der Waals surface area contributed by atoms with Crippen molar-refractivity contribution < 1.29 is 9.90 Å². The molecule has 0 saturated heterocycles. The first-order chi connectivity index (χ1) is 5.20. The van der Waals surface area contributed by atoms with Gasteiger partial charge in [-0.15, -0.1) is 0 Å². The molecule has 64 valence electrons. The van der Waals surface area contributed by atoms with E-state index in [0.717, 1.165) is 12.8 Å². The summed E-state index contributed by atoms with van der Waals surface area (Å²) < 4.78 is 0. The monoisotopic (exact) mass is 157 g/mol. The van der Waals surface area contributed by atoms with Gasteiger partial charge in [0.15, 0.2) is 0 Å². The van der Waals surface area contributed by atoms with Crippen LogP contribution in [0.25, 0.3) is 0 Å². The Bertz CT molecular complexity index is 141. The van der Waals surface area contributed by atoms with Gasteiger partial charge in [0.05, 0.1) is 6.10 Å². The van der Waals surface area contributed by atoms with Gasteiger partial charge in [-0.3, -0.25) is 4.79 Å². The van der Waals surface area contributed by atoms with Crippen LogP contribution in [-0.2, 0) is 4.79 Å². The standard InChI is InChI=1S/C8H15NO2/c1-6(10)5-9-8(11)7-3-2-4-7/h6-7,10H,2-5H2,1H3,(H,9,11)/t6-/m0/s1. The van der Waals surface area contributed by atoms with Crippen LogP contribution in [0.2, 0.25) is 0 Å². The molecule has 1 rings (SSSR count). The lowest BCUT2D eigenvalue weighted by molar-refractivity contribution is -0.127. The number of amides is 1. The first-order valence-corrected chi connectivity index (χ1v) is 4.16. The number of hydrogen-bond acceptors (Lipinski definition) is 2. The predicted octanol–water partition coefficient (Wildman–Crippen LogP) is 0.283. The van der Waals surface area contributed by atoms with Gasteiger partial charge < -0.3 is 10.4 Å². The number of aliphatic hydroxyl groups excluding tert-OH is 1. The molecule has 1 fully saturated rings. The second-order valence-electron chi connectivity index (χ2n) is 3.22. The van der Waals surface area contributed by atoms with Crippen molar-refractivity contribution in [3.05, 3.63) is 0 Å². The third-order valence-electron chi connectivity index (χ3n) is 2.05. The maximum absolute atomic E-state index is 11.1. The number of carbonyl (C=O) groups excluding carboxylic acids is 1. The third kappa shape index (κ3) is 2.50. The quantitative estimate of drug-likeness (QED) is 0.618. The molecule has 0 aromatic heterocycles. The molecular formula is C8H15NO2. The summed E-state index contributed by atoms with van der Waals surface area (Å²) in [7, 11) is 0. The SMILES string of the molecule is C[C@H](O)CNC(=O)C1CCC1. The van der Waals surface area contributed by atoms with Crippen LogP contribution >= 0.6 is 0 Å². The highest BCUT2D eigenvalue weighted by Gasteiger charge is 2.24. The Morgan fingerprint density at radius 2 is 2.36 bits per heavy atom. The van der Waals surface area contributed by atoms with Crippen LogP contribution < -0.4 is 5.32 Å². The zero-order valence-corrected chi connectivity index (χ0v) is 6.84. The molecule has 3 heteroatoms. The van der Waals surface area contributed by atoms with Crippen LogP contribution in [0.3, 0.4) is 0 Å². The van der Waals surface area contributed by atoms with Crippen molar-refractivity contribution in [3.63, 3.8) is 0 Å². The maximum Gasteiger partial charge on any atom is 0.223 e. The molecule has 1 aliphatic carbocycles. The largest absolute Gasteiger partial charge is 0.392 e. The van der Waals surface area contributed by atoms with Crippen molar-refractivity contribution in [2.75, 3.05) is 6.54 Å². The molecule has 0 radical (unpaired) electrons. The van der Waals surface area contributed by atoms with E-state index >= 15 is 0 Å². The lowest BCUT2D eigenvalue weighted by atomic mass is 9.85. The van der Waals surface area contributed by atoms with Gasteiger partial charge in [-0.2, -0.15) is 0 Å². The van der Waals surface area contributed by atoms with Crippen molar-refractivity contribution in [2.45, 2.75) is 32.3 Å². The molecule has 0 spiro atoms. The van der Waals surface area contributed by atoms with Gasteiger partial charge in [-0.1, -0.05) is 6.42 Å². The van der Waals surface area contributed by atoms with Gasteiger partial charge in [-0.25, -0.2) is 0 Å². The molecule has 0 unspecified atom stereocenters. The second kappa shape index (κ2) is 3.72. The number of rotatable bonds is 3. The summed E-state index contributed by atoms with van der Waals surface area (Å²) in [4.78, 5) is 11.1. The first-order valence-electron chi connectivity index (χ1n) is 4.16. The molecule has 0 aliphatic heterocycles. The minimum Gasteiger partial charge on any atom is -0.392 e. The predicted molar refractivity (Wildman–Crippen MR) is 42.0 cm³/mol. The summed E-state index contributed by atoms with van der Waals surface area (Å²) in [6.45, 7) is 2.05. The second-order valence-corrected chi connectivity index (χ2v) is 3.22.